The number of para-hydroxylation sites is 1. The zero-order chi connectivity index (χ0) is 23.5. The first-order valence-electron chi connectivity index (χ1n) is 10.4. The van der Waals surface area contributed by atoms with Crippen LogP contribution in [0.15, 0.2) is 93.5 Å². The Morgan fingerprint density at radius 2 is 1.91 bits per heavy atom. The molecule has 0 fully saturated rings. The van der Waals surface area contributed by atoms with Crippen LogP contribution in [0.1, 0.15) is 5.56 Å². The molecule has 0 unspecified atom stereocenters. The van der Waals surface area contributed by atoms with Crippen LogP contribution >= 0.6 is 11.8 Å². The van der Waals surface area contributed by atoms with Gasteiger partial charge in [0.25, 0.3) is 0 Å². The molecule has 2 aromatic carbocycles. The lowest BCUT2D eigenvalue weighted by Crippen LogP contribution is -2.11. The third kappa shape index (κ3) is 4.46. The Bertz CT molecular complexity index is 1530. The molecule has 3 aromatic heterocycles. The van der Waals surface area contributed by atoms with Crippen LogP contribution in [0, 0.1) is 6.92 Å². The van der Waals surface area contributed by atoms with Crippen molar-refractivity contribution in [1.29, 1.82) is 0 Å². The number of thioether (sulfide) groups is 1. The van der Waals surface area contributed by atoms with E-state index >= 15 is 0 Å². The number of aryl methyl sites for hydroxylation is 1. The molecular weight excluding hydrogens is 452 g/mol. The molecule has 0 amide bonds. The number of hydrogen-bond acceptors (Lipinski definition) is 8. The van der Waals surface area contributed by atoms with Gasteiger partial charge in [0.1, 0.15) is 11.3 Å². The Morgan fingerprint density at radius 1 is 1.06 bits per heavy atom. The number of esters is 1. The van der Waals surface area contributed by atoms with Crippen LogP contribution in [0.5, 0.6) is 5.75 Å². The normalized spacial score (nSPS) is 11.0. The van der Waals surface area contributed by atoms with Crippen LogP contribution in [0.2, 0.25) is 0 Å². The van der Waals surface area contributed by atoms with E-state index in [4.69, 9.17) is 9.15 Å². The number of aromatic nitrogens is 4. The Labute approximate surface area is 198 Å². The van der Waals surface area contributed by atoms with E-state index in [0.717, 1.165) is 22.2 Å². The lowest BCUT2D eigenvalue weighted by atomic mass is 10.1. The largest absolute Gasteiger partial charge is 0.426 e. The van der Waals surface area contributed by atoms with Gasteiger partial charge in [-0.1, -0.05) is 30.0 Å². The molecule has 9 heteroatoms. The maximum atomic E-state index is 12.6. The quantitative estimate of drug-likeness (QED) is 0.155. The maximum Gasteiger partial charge on any atom is 0.336 e. The number of nitrogens with zero attached hydrogens (tertiary/aromatic N) is 4. The minimum Gasteiger partial charge on any atom is -0.426 e. The van der Waals surface area contributed by atoms with Gasteiger partial charge in [0, 0.05) is 41.2 Å². The average Bonchev–Trinajstić information content (AvgIpc) is 3.27. The van der Waals surface area contributed by atoms with Crippen molar-refractivity contribution >= 4 is 28.7 Å². The summed E-state index contributed by atoms with van der Waals surface area (Å²) in [6.45, 7) is 1.82. The van der Waals surface area contributed by atoms with Crippen LogP contribution in [0.3, 0.4) is 0 Å². The van der Waals surface area contributed by atoms with Gasteiger partial charge < -0.3 is 9.15 Å². The van der Waals surface area contributed by atoms with E-state index in [9.17, 15) is 9.59 Å². The predicted molar refractivity (Wildman–Crippen MR) is 128 cm³/mol. The van der Waals surface area contributed by atoms with Gasteiger partial charge in [-0.3, -0.25) is 14.3 Å². The van der Waals surface area contributed by atoms with Gasteiger partial charge in [-0.2, -0.15) is 0 Å². The molecule has 0 saturated carbocycles. The first kappa shape index (κ1) is 21.6. The topological polar surface area (TPSA) is 100 Å². The Balaban J connectivity index is 1.37. The second-order valence-corrected chi connectivity index (χ2v) is 8.33. The molecule has 0 saturated heterocycles. The van der Waals surface area contributed by atoms with E-state index in [1.165, 1.54) is 17.8 Å². The summed E-state index contributed by atoms with van der Waals surface area (Å²) in [5, 5.41) is 9.96. The van der Waals surface area contributed by atoms with E-state index < -0.39 is 11.6 Å². The van der Waals surface area contributed by atoms with Gasteiger partial charge in [0.05, 0.1) is 5.75 Å². The van der Waals surface area contributed by atoms with E-state index in [-0.39, 0.29) is 5.75 Å². The van der Waals surface area contributed by atoms with Gasteiger partial charge >= 0.3 is 11.6 Å². The van der Waals surface area contributed by atoms with Gasteiger partial charge in [-0.25, -0.2) is 4.79 Å². The van der Waals surface area contributed by atoms with E-state index in [0.29, 0.717) is 22.3 Å². The van der Waals surface area contributed by atoms with Crippen molar-refractivity contribution in [3.8, 4) is 22.8 Å². The lowest BCUT2D eigenvalue weighted by Gasteiger charge is -2.10. The Hall–Kier alpha value is -4.24. The highest BCUT2D eigenvalue weighted by atomic mass is 32.2. The molecule has 34 heavy (non-hydrogen) atoms. The molecule has 0 spiro atoms. The fourth-order valence-corrected chi connectivity index (χ4v) is 4.23. The fraction of sp³-hybridized carbons (Fsp3) is 0.0800. The first-order chi connectivity index (χ1) is 16.6. The average molecular weight is 471 g/mol. The van der Waals surface area contributed by atoms with Crippen molar-refractivity contribution in [2.45, 2.75) is 12.1 Å². The summed E-state index contributed by atoms with van der Waals surface area (Å²) in [6, 6.07) is 19.8. The standard InChI is InChI=1S/C25H18N4O4S/c1-16-12-22(30)33-21-13-19(9-10-20(16)21)32-23(31)15-34-25-28-27-24(17-6-5-11-26-14-17)29(25)18-7-3-2-4-8-18/h2-14H,15H2,1H3. The van der Waals surface area contributed by atoms with Crippen molar-refractivity contribution in [1.82, 2.24) is 19.7 Å². The number of rotatable bonds is 6. The zero-order valence-electron chi connectivity index (χ0n) is 18.0. The molecule has 5 rings (SSSR count). The molecule has 5 aromatic rings. The predicted octanol–water partition coefficient (Wildman–Crippen LogP) is 4.44. The van der Waals surface area contributed by atoms with E-state index in [1.807, 2.05) is 54.0 Å². The molecule has 0 radical (unpaired) electrons. The van der Waals surface area contributed by atoms with E-state index in [2.05, 4.69) is 15.2 Å². The lowest BCUT2D eigenvalue weighted by molar-refractivity contribution is -0.131. The number of carbonyl (C=O) groups excluding carboxylic acids is 1. The molecule has 0 bridgehead atoms. The van der Waals surface area contributed by atoms with Crippen molar-refractivity contribution < 1.29 is 13.9 Å². The summed E-state index contributed by atoms with van der Waals surface area (Å²) in [7, 11) is 0. The zero-order valence-corrected chi connectivity index (χ0v) is 18.9. The highest BCUT2D eigenvalue weighted by Crippen LogP contribution is 2.28. The summed E-state index contributed by atoms with van der Waals surface area (Å²) < 4.78 is 12.6. The van der Waals surface area contributed by atoms with Gasteiger partial charge in [0.2, 0.25) is 0 Å². The third-order valence-corrected chi connectivity index (χ3v) is 5.94. The number of fused-ring (bicyclic) bond motifs is 1. The molecule has 0 aliphatic heterocycles. The molecule has 0 N–H and O–H groups in total. The van der Waals surface area contributed by atoms with E-state index in [1.54, 1.807) is 30.6 Å². The van der Waals surface area contributed by atoms with Crippen LogP contribution in [-0.4, -0.2) is 31.5 Å². The number of hydrogen-bond donors (Lipinski definition) is 0. The second-order valence-electron chi connectivity index (χ2n) is 7.39. The number of ether oxygens (including phenoxy) is 1. The van der Waals surface area contributed by atoms with Gasteiger partial charge in [0.15, 0.2) is 11.0 Å². The maximum absolute atomic E-state index is 12.6. The minimum atomic E-state index is -0.468. The molecule has 0 atom stereocenters. The van der Waals surface area contributed by atoms with Crippen LogP contribution < -0.4 is 10.4 Å². The van der Waals surface area contributed by atoms with Crippen molar-refractivity contribution in [3.05, 3.63) is 95.1 Å². The molecule has 0 aliphatic rings. The molecule has 0 aliphatic carbocycles. The molecular formula is C25H18N4O4S. The monoisotopic (exact) mass is 470 g/mol. The highest BCUT2D eigenvalue weighted by molar-refractivity contribution is 7.99. The number of pyridine rings is 1. The fourth-order valence-electron chi connectivity index (χ4n) is 3.51. The Morgan fingerprint density at radius 3 is 2.71 bits per heavy atom. The summed E-state index contributed by atoms with van der Waals surface area (Å²) in [4.78, 5) is 28.4. The van der Waals surface area contributed by atoms with Gasteiger partial charge in [-0.15, -0.1) is 10.2 Å². The summed E-state index contributed by atoms with van der Waals surface area (Å²) in [6.07, 6.45) is 3.41. The van der Waals surface area contributed by atoms with Crippen LogP contribution in [0.25, 0.3) is 28.0 Å². The van der Waals surface area contributed by atoms with Gasteiger partial charge in [-0.05, 0) is 48.9 Å². The molecule has 3 heterocycles. The van der Waals surface area contributed by atoms with Crippen molar-refractivity contribution in [2.24, 2.45) is 0 Å². The van der Waals surface area contributed by atoms with Crippen molar-refractivity contribution in [3.63, 3.8) is 0 Å². The minimum absolute atomic E-state index is 0.00775. The van der Waals surface area contributed by atoms with Crippen LogP contribution in [0.4, 0.5) is 0 Å². The number of benzene rings is 2. The molecule has 8 nitrogen and oxygen atoms in total. The highest BCUT2D eigenvalue weighted by Gasteiger charge is 2.18. The second kappa shape index (κ2) is 9.32. The van der Waals surface area contributed by atoms with Crippen molar-refractivity contribution in [2.75, 3.05) is 5.75 Å². The first-order valence-corrected chi connectivity index (χ1v) is 11.4. The Kier molecular flexibility index (Phi) is 5.92. The smallest absolute Gasteiger partial charge is 0.336 e. The summed E-state index contributed by atoms with van der Waals surface area (Å²) in [5.74, 6) is 0.459. The molecule has 168 valence electrons. The summed E-state index contributed by atoms with van der Waals surface area (Å²) in [5.41, 5.74) is 2.38. The third-order valence-electron chi connectivity index (χ3n) is 5.04. The number of carbonyl (C=O) groups is 1. The SMILES string of the molecule is Cc1cc(=O)oc2cc(OC(=O)CSc3nnc(-c4cccnc4)n3-c3ccccc3)ccc12. The van der Waals surface area contributed by atoms with Crippen LogP contribution in [-0.2, 0) is 4.79 Å². The summed E-state index contributed by atoms with van der Waals surface area (Å²) >= 11 is 1.21.